The molecule has 174 valence electrons. The van der Waals surface area contributed by atoms with Crippen LogP contribution in [0.25, 0.3) is 21.6 Å². The summed E-state index contributed by atoms with van der Waals surface area (Å²) in [7, 11) is 0. The molecule has 0 bridgehead atoms. The number of aromatic hydroxyl groups is 1. The molecule has 9 nitrogen and oxygen atoms in total. The summed E-state index contributed by atoms with van der Waals surface area (Å²) in [5, 5.41) is 9.94. The summed E-state index contributed by atoms with van der Waals surface area (Å²) in [6.07, 6.45) is 0.780. The number of anilines is 1. The van der Waals surface area contributed by atoms with E-state index in [1.807, 2.05) is 6.07 Å². The summed E-state index contributed by atoms with van der Waals surface area (Å²) in [4.78, 5) is 26.6. The molecule has 0 saturated carbocycles. The first-order chi connectivity index (χ1) is 16.0. The Labute approximate surface area is 195 Å². The Bertz CT molecular complexity index is 1140. The largest absolute Gasteiger partial charge is 0.508 e. The number of likely N-dealkylation sites (tertiary alicyclic amines) is 1. The van der Waals surface area contributed by atoms with Crippen molar-refractivity contribution in [3.05, 3.63) is 35.2 Å². The van der Waals surface area contributed by atoms with Crippen LogP contribution in [-0.2, 0) is 16.0 Å². The van der Waals surface area contributed by atoms with E-state index in [-0.39, 0.29) is 11.9 Å². The van der Waals surface area contributed by atoms with Gasteiger partial charge in [-0.15, -0.1) is 11.3 Å². The highest BCUT2D eigenvalue weighted by atomic mass is 32.1. The maximum Gasteiger partial charge on any atom is 0.404 e. The summed E-state index contributed by atoms with van der Waals surface area (Å²) in [5.41, 5.74) is 6.85. The number of primary amides is 1. The lowest BCUT2D eigenvalue weighted by atomic mass is 10.1. The number of aromatic nitrogens is 2. The van der Waals surface area contributed by atoms with Crippen molar-refractivity contribution in [2.75, 3.05) is 44.3 Å². The van der Waals surface area contributed by atoms with Gasteiger partial charge in [-0.05, 0) is 31.0 Å². The third-order valence-electron chi connectivity index (χ3n) is 6.02. The molecular weight excluding hydrogens is 442 g/mol. The molecule has 2 aromatic heterocycles. The van der Waals surface area contributed by atoms with Gasteiger partial charge in [-0.25, -0.2) is 14.8 Å². The van der Waals surface area contributed by atoms with Gasteiger partial charge in [0.2, 0.25) is 0 Å². The van der Waals surface area contributed by atoms with E-state index in [0.29, 0.717) is 19.0 Å². The molecule has 2 aliphatic rings. The van der Waals surface area contributed by atoms with Crippen molar-refractivity contribution < 1.29 is 19.4 Å². The topological polar surface area (TPSA) is 114 Å². The van der Waals surface area contributed by atoms with Gasteiger partial charge in [-0.3, -0.25) is 4.90 Å². The quantitative estimate of drug-likeness (QED) is 0.586. The fourth-order valence-corrected chi connectivity index (χ4v) is 5.53. The Balaban J connectivity index is 1.43. The number of morpholine rings is 1. The standard InChI is InChI=1S/C23H27N5O4S/c24-23(30)32-17-4-6-27(7-5-17)14-18-13-19-20(33-18)22(28-8-10-31-11-9-28)26-21(25-19)15-2-1-3-16(29)12-15/h1-3,12-13,17,29H,4-11,14H2,(H2,24,30). The van der Waals surface area contributed by atoms with Crippen molar-refractivity contribution in [2.24, 2.45) is 5.73 Å². The number of nitrogens with zero attached hydrogens (tertiary/aromatic N) is 4. The number of carbonyl (C=O) groups is 1. The number of rotatable bonds is 5. The van der Waals surface area contributed by atoms with Crippen LogP contribution in [-0.4, -0.2) is 71.6 Å². The minimum Gasteiger partial charge on any atom is -0.508 e. The number of hydrogen-bond donors (Lipinski definition) is 2. The van der Waals surface area contributed by atoms with Crippen molar-refractivity contribution in [3.63, 3.8) is 0 Å². The van der Waals surface area contributed by atoms with Crippen LogP contribution >= 0.6 is 11.3 Å². The third kappa shape index (κ3) is 5.02. The molecule has 1 amide bonds. The van der Waals surface area contributed by atoms with E-state index in [2.05, 4.69) is 15.9 Å². The maximum absolute atomic E-state index is 11.0. The molecule has 2 fully saturated rings. The molecule has 33 heavy (non-hydrogen) atoms. The van der Waals surface area contributed by atoms with Gasteiger partial charge in [0.1, 0.15) is 11.9 Å². The van der Waals surface area contributed by atoms with E-state index >= 15 is 0 Å². The molecule has 2 saturated heterocycles. The number of phenols is 1. The minimum absolute atomic E-state index is 0.0928. The van der Waals surface area contributed by atoms with Crippen LogP contribution in [0.5, 0.6) is 5.75 Å². The summed E-state index contributed by atoms with van der Waals surface area (Å²) in [5.74, 6) is 1.72. The highest BCUT2D eigenvalue weighted by molar-refractivity contribution is 7.19. The van der Waals surface area contributed by atoms with Gasteiger partial charge < -0.3 is 25.2 Å². The first-order valence-corrected chi connectivity index (χ1v) is 12.0. The van der Waals surface area contributed by atoms with Gasteiger partial charge in [-0.1, -0.05) is 12.1 Å². The average molecular weight is 470 g/mol. The molecule has 0 spiro atoms. The van der Waals surface area contributed by atoms with Gasteiger partial charge in [0.05, 0.1) is 23.4 Å². The van der Waals surface area contributed by atoms with E-state index in [0.717, 1.165) is 67.2 Å². The van der Waals surface area contributed by atoms with Crippen molar-refractivity contribution in [3.8, 4) is 17.1 Å². The average Bonchev–Trinajstić information content (AvgIpc) is 3.22. The summed E-state index contributed by atoms with van der Waals surface area (Å²) < 4.78 is 11.8. The lowest BCUT2D eigenvalue weighted by Gasteiger charge is -2.30. The van der Waals surface area contributed by atoms with Crippen LogP contribution in [0.3, 0.4) is 0 Å². The second kappa shape index (κ2) is 9.50. The molecular formula is C23H27N5O4S. The third-order valence-corrected chi connectivity index (χ3v) is 7.12. The zero-order chi connectivity index (χ0) is 22.8. The molecule has 3 N–H and O–H groups in total. The zero-order valence-electron chi connectivity index (χ0n) is 18.3. The Morgan fingerprint density at radius 1 is 1.18 bits per heavy atom. The maximum atomic E-state index is 11.0. The van der Waals surface area contributed by atoms with Crippen molar-refractivity contribution in [2.45, 2.75) is 25.5 Å². The van der Waals surface area contributed by atoms with Gasteiger partial charge >= 0.3 is 6.09 Å². The van der Waals surface area contributed by atoms with Crippen LogP contribution in [0.4, 0.5) is 10.6 Å². The molecule has 3 aromatic rings. The summed E-state index contributed by atoms with van der Waals surface area (Å²) in [6, 6.07) is 9.19. The van der Waals surface area contributed by atoms with E-state index in [9.17, 15) is 9.90 Å². The number of amides is 1. The second-order valence-electron chi connectivity index (χ2n) is 8.36. The van der Waals surface area contributed by atoms with Crippen molar-refractivity contribution in [1.82, 2.24) is 14.9 Å². The number of ether oxygens (including phenoxy) is 2. The number of carbonyl (C=O) groups excluding carboxylic acids is 1. The molecule has 1 aromatic carbocycles. The zero-order valence-corrected chi connectivity index (χ0v) is 19.1. The molecule has 10 heteroatoms. The number of thiophene rings is 1. The Morgan fingerprint density at radius 3 is 2.70 bits per heavy atom. The highest BCUT2D eigenvalue weighted by Gasteiger charge is 2.24. The normalized spacial score (nSPS) is 18.0. The van der Waals surface area contributed by atoms with E-state index in [4.69, 9.17) is 25.2 Å². The number of benzene rings is 1. The van der Waals surface area contributed by atoms with Crippen molar-refractivity contribution in [1.29, 1.82) is 0 Å². The SMILES string of the molecule is NC(=O)OC1CCN(Cc2cc3nc(-c4cccc(O)c4)nc(N4CCOCC4)c3s2)CC1. The first-order valence-electron chi connectivity index (χ1n) is 11.2. The molecule has 0 radical (unpaired) electrons. The van der Waals surface area contributed by atoms with Gasteiger partial charge in [0, 0.05) is 43.2 Å². The van der Waals surface area contributed by atoms with Gasteiger partial charge in [0.15, 0.2) is 11.6 Å². The smallest absolute Gasteiger partial charge is 0.404 e. The van der Waals surface area contributed by atoms with E-state index < -0.39 is 6.09 Å². The number of piperidine rings is 1. The van der Waals surface area contributed by atoms with Crippen LogP contribution in [0.1, 0.15) is 17.7 Å². The van der Waals surface area contributed by atoms with E-state index in [1.165, 1.54) is 4.88 Å². The number of phenolic OH excluding ortho intramolecular Hbond substituents is 1. The number of fused-ring (bicyclic) bond motifs is 1. The lowest BCUT2D eigenvalue weighted by molar-refractivity contribution is 0.0544. The van der Waals surface area contributed by atoms with Gasteiger partial charge in [0.25, 0.3) is 0 Å². The molecule has 0 atom stereocenters. The second-order valence-corrected chi connectivity index (χ2v) is 9.50. The number of hydrogen-bond acceptors (Lipinski definition) is 9. The monoisotopic (exact) mass is 469 g/mol. The summed E-state index contributed by atoms with van der Waals surface area (Å²) >= 11 is 1.73. The Morgan fingerprint density at radius 2 is 1.97 bits per heavy atom. The Hall–Kier alpha value is -2.95. The molecule has 4 heterocycles. The predicted octanol–water partition coefficient (Wildman–Crippen LogP) is 2.96. The van der Waals surface area contributed by atoms with Crippen LogP contribution < -0.4 is 10.6 Å². The molecule has 2 aliphatic heterocycles. The van der Waals surface area contributed by atoms with Crippen molar-refractivity contribution >= 4 is 33.5 Å². The van der Waals surface area contributed by atoms with Crippen LogP contribution in [0.15, 0.2) is 30.3 Å². The van der Waals surface area contributed by atoms with Crippen LogP contribution in [0.2, 0.25) is 0 Å². The lowest BCUT2D eigenvalue weighted by Crippen LogP contribution is -2.38. The Kier molecular flexibility index (Phi) is 6.30. The van der Waals surface area contributed by atoms with Crippen LogP contribution in [0, 0.1) is 0 Å². The van der Waals surface area contributed by atoms with Gasteiger partial charge in [-0.2, -0.15) is 0 Å². The predicted molar refractivity (Wildman–Crippen MR) is 127 cm³/mol. The number of nitrogens with two attached hydrogens (primary N) is 1. The highest BCUT2D eigenvalue weighted by Crippen LogP contribution is 2.35. The fourth-order valence-electron chi connectivity index (χ4n) is 4.38. The summed E-state index contributed by atoms with van der Waals surface area (Å²) in [6.45, 7) is 5.43. The fraction of sp³-hybridized carbons (Fsp3) is 0.435. The van der Waals surface area contributed by atoms with E-state index in [1.54, 1.807) is 29.5 Å². The first kappa shape index (κ1) is 21.9. The molecule has 0 aliphatic carbocycles. The minimum atomic E-state index is -0.699. The molecule has 0 unspecified atom stereocenters. The molecule has 5 rings (SSSR count).